The van der Waals surface area contributed by atoms with E-state index in [-0.39, 0.29) is 23.8 Å². The van der Waals surface area contributed by atoms with Gasteiger partial charge in [-0.3, -0.25) is 4.79 Å². The molecule has 0 saturated heterocycles. The van der Waals surface area contributed by atoms with Gasteiger partial charge in [-0.25, -0.2) is 0 Å². The van der Waals surface area contributed by atoms with Crippen LogP contribution in [0.2, 0.25) is 0 Å². The summed E-state index contributed by atoms with van der Waals surface area (Å²) in [4.78, 5) is 11.9. The van der Waals surface area contributed by atoms with E-state index in [2.05, 4.69) is 5.32 Å². The van der Waals surface area contributed by atoms with Gasteiger partial charge in [-0.2, -0.15) is 11.8 Å². The van der Waals surface area contributed by atoms with Gasteiger partial charge in [0.2, 0.25) is 5.91 Å². The number of benzene rings is 1. The van der Waals surface area contributed by atoms with Crippen molar-refractivity contribution in [3.8, 4) is 0 Å². The zero-order valence-electron chi connectivity index (χ0n) is 11.6. The molecule has 0 saturated carbocycles. The van der Waals surface area contributed by atoms with Crippen LogP contribution in [0.15, 0.2) is 36.4 Å². The van der Waals surface area contributed by atoms with Crippen molar-refractivity contribution in [1.82, 2.24) is 5.32 Å². The highest BCUT2D eigenvalue weighted by atomic mass is 32.2. The number of allylic oxidation sites excluding steroid dienone is 1. The van der Waals surface area contributed by atoms with Gasteiger partial charge in [-0.1, -0.05) is 30.3 Å². The van der Waals surface area contributed by atoms with Gasteiger partial charge in [0.1, 0.15) is 0 Å². The number of hydrogen-bond acceptors (Lipinski definition) is 3. The molecular formula is C15H21NO2S. The number of aliphatic hydroxyl groups excluding tert-OH is 1. The molecule has 3 nitrogen and oxygen atoms in total. The number of aliphatic hydroxyl groups is 1. The van der Waals surface area contributed by atoms with Crippen LogP contribution >= 0.6 is 11.8 Å². The first-order valence-electron chi connectivity index (χ1n) is 6.26. The lowest BCUT2D eigenvalue weighted by Crippen LogP contribution is -2.40. The molecule has 4 heteroatoms. The average Bonchev–Trinajstić information content (AvgIpc) is 2.40. The Labute approximate surface area is 119 Å². The van der Waals surface area contributed by atoms with Crippen molar-refractivity contribution in [2.45, 2.75) is 25.1 Å². The molecule has 19 heavy (non-hydrogen) atoms. The van der Waals surface area contributed by atoms with E-state index < -0.39 is 0 Å². The molecule has 2 atom stereocenters. The molecule has 0 aliphatic carbocycles. The van der Waals surface area contributed by atoms with Crippen molar-refractivity contribution >= 4 is 23.2 Å². The first kappa shape index (κ1) is 15.8. The van der Waals surface area contributed by atoms with Crippen LogP contribution in [0, 0.1) is 0 Å². The molecule has 0 radical (unpaired) electrons. The molecule has 2 N–H and O–H groups in total. The summed E-state index contributed by atoms with van der Waals surface area (Å²) in [6.07, 6.45) is 3.52. The smallest absolute Gasteiger partial charge is 0.244 e. The van der Waals surface area contributed by atoms with Crippen LogP contribution in [0.3, 0.4) is 0 Å². The zero-order chi connectivity index (χ0) is 14.3. The maximum atomic E-state index is 11.9. The second kappa shape index (κ2) is 8.02. The highest BCUT2D eigenvalue weighted by Crippen LogP contribution is 2.13. The van der Waals surface area contributed by atoms with E-state index in [1.807, 2.05) is 50.4 Å². The third kappa shape index (κ3) is 5.09. The molecule has 2 unspecified atom stereocenters. The normalized spacial score (nSPS) is 14.8. The lowest BCUT2D eigenvalue weighted by Gasteiger charge is -2.20. The van der Waals surface area contributed by atoms with Gasteiger partial charge in [-0.15, -0.1) is 0 Å². The van der Waals surface area contributed by atoms with Gasteiger partial charge < -0.3 is 10.4 Å². The van der Waals surface area contributed by atoms with Gasteiger partial charge in [0, 0.05) is 17.4 Å². The number of amides is 1. The maximum Gasteiger partial charge on any atom is 0.244 e. The summed E-state index contributed by atoms with van der Waals surface area (Å²) in [6.45, 7) is 3.88. The quantitative estimate of drug-likeness (QED) is 0.786. The largest absolute Gasteiger partial charge is 0.395 e. The summed E-state index contributed by atoms with van der Waals surface area (Å²) >= 11 is 1.55. The third-order valence-electron chi connectivity index (χ3n) is 2.99. The van der Waals surface area contributed by atoms with Crippen LogP contribution in [0.1, 0.15) is 19.4 Å². The number of thioether (sulfide) groups is 1. The Morgan fingerprint density at radius 3 is 2.58 bits per heavy atom. The summed E-state index contributed by atoms with van der Waals surface area (Å²) in [6, 6.07) is 9.73. The molecule has 1 rings (SSSR count). The summed E-state index contributed by atoms with van der Waals surface area (Å²) in [7, 11) is 0. The summed E-state index contributed by atoms with van der Waals surface area (Å²) in [5.74, 6) is -0.124. The number of nitrogens with one attached hydrogen (secondary N) is 1. The van der Waals surface area contributed by atoms with E-state index >= 15 is 0 Å². The fraction of sp³-hybridized carbons (Fsp3) is 0.400. The standard InChI is InChI=1S/C15H21NO2S/c1-11(13-7-5-4-6-8-13)9-15(18)16-12(2)14(10-17)19-3/h4-9,12,14,17H,10H2,1-3H3,(H,16,18)/b11-9-. The topological polar surface area (TPSA) is 49.3 Å². The van der Waals surface area contributed by atoms with Gasteiger partial charge in [-0.05, 0) is 31.2 Å². The molecule has 0 aromatic heterocycles. The van der Waals surface area contributed by atoms with Crippen LogP contribution in [-0.4, -0.2) is 35.2 Å². The highest BCUT2D eigenvalue weighted by molar-refractivity contribution is 7.99. The molecule has 0 heterocycles. The van der Waals surface area contributed by atoms with E-state index in [9.17, 15) is 9.90 Å². The van der Waals surface area contributed by atoms with Crippen molar-refractivity contribution < 1.29 is 9.90 Å². The first-order valence-corrected chi connectivity index (χ1v) is 7.55. The molecule has 0 fully saturated rings. The molecule has 0 aliphatic heterocycles. The molecule has 1 aromatic carbocycles. The fourth-order valence-electron chi connectivity index (χ4n) is 1.78. The van der Waals surface area contributed by atoms with E-state index in [4.69, 9.17) is 0 Å². The number of carbonyl (C=O) groups excluding carboxylic acids is 1. The van der Waals surface area contributed by atoms with E-state index in [0.29, 0.717) is 0 Å². The minimum Gasteiger partial charge on any atom is -0.395 e. The van der Waals surface area contributed by atoms with Crippen LogP contribution in [0.5, 0.6) is 0 Å². The second-order valence-electron chi connectivity index (χ2n) is 4.45. The highest BCUT2D eigenvalue weighted by Gasteiger charge is 2.16. The lowest BCUT2D eigenvalue weighted by atomic mass is 10.1. The molecule has 104 valence electrons. The molecule has 0 bridgehead atoms. The van der Waals surface area contributed by atoms with Crippen LogP contribution in [0.25, 0.3) is 5.57 Å². The van der Waals surface area contributed by atoms with Crippen molar-refractivity contribution in [3.05, 3.63) is 42.0 Å². The minimum atomic E-state index is -0.124. The van der Waals surface area contributed by atoms with Crippen molar-refractivity contribution in [1.29, 1.82) is 0 Å². The van der Waals surface area contributed by atoms with E-state index in [0.717, 1.165) is 11.1 Å². The van der Waals surface area contributed by atoms with Crippen LogP contribution in [-0.2, 0) is 4.79 Å². The molecule has 1 amide bonds. The Hall–Kier alpha value is -1.26. The number of carbonyl (C=O) groups is 1. The average molecular weight is 279 g/mol. The molecule has 1 aromatic rings. The predicted octanol–water partition coefficient (Wildman–Crippen LogP) is 2.32. The van der Waals surface area contributed by atoms with E-state index in [1.165, 1.54) is 0 Å². The van der Waals surface area contributed by atoms with Crippen molar-refractivity contribution in [3.63, 3.8) is 0 Å². The van der Waals surface area contributed by atoms with Crippen molar-refractivity contribution in [2.75, 3.05) is 12.9 Å². The minimum absolute atomic E-state index is 0.0226. The number of hydrogen-bond donors (Lipinski definition) is 2. The Morgan fingerprint density at radius 2 is 2.05 bits per heavy atom. The van der Waals surface area contributed by atoms with Gasteiger partial charge in [0.25, 0.3) is 0 Å². The lowest BCUT2D eigenvalue weighted by molar-refractivity contribution is -0.117. The van der Waals surface area contributed by atoms with Crippen LogP contribution in [0.4, 0.5) is 0 Å². The Morgan fingerprint density at radius 1 is 1.42 bits per heavy atom. The maximum absolute atomic E-state index is 11.9. The molecular weight excluding hydrogens is 258 g/mol. The SMILES string of the molecule is CSC(CO)C(C)NC(=O)/C=C(/C)c1ccccc1. The monoisotopic (exact) mass is 279 g/mol. The predicted molar refractivity (Wildman–Crippen MR) is 82.1 cm³/mol. The summed E-state index contributed by atoms with van der Waals surface area (Å²) < 4.78 is 0. The Bertz CT molecular complexity index is 427. The zero-order valence-corrected chi connectivity index (χ0v) is 12.4. The fourth-order valence-corrected chi connectivity index (χ4v) is 2.40. The van der Waals surface area contributed by atoms with Crippen LogP contribution < -0.4 is 5.32 Å². The first-order chi connectivity index (χ1) is 9.08. The Balaban J connectivity index is 2.64. The molecule has 0 aliphatic rings. The second-order valence-corrected chi connectivity index (χ2v) is 5.52. The van der Waals surface area contributed by atoms with Crippen molar-refractivity contribution in [2.24, 2.45) is 0 Å². The van der Waals surface area contributed by atoms with Gasteiger partial charge in [0.15, 0.2) is 0 Å². The van der Waals surface area contributed by atoms with Gasteiger partial charge in [0.05, 0.1) is 6.61 Å². The Kier molecular flexibility index (Phi) is 6.67. The molecule has 0 spiro atoms. The van der Waals surface area contributed by atoms with E-state index in [1.54, 1.807) is 17.8 Å². The summed E-state index contributed by atoms with van der Waals surface area (Å²) in [5.41, 5.74) is 1.96. The van der Waals surface area contributed by atoms with Gasteiger partial charge >= 0.3 is 0 Å². The number of rotatable bonds is 6. The summed E-state index contributed by atoms with van der Waals surface area (Å²) in [5, 5.41) is 12.1. The third-order valence-corrected chi connectivity index (χ3v) is 4.15.